The Morgan fingerprint density at radius 1 is 1.47 bits per heavy atom. The topological polar surface area (TPSA) is 55.1 Å². The van der Waals surface area contributed by atoms with Crippen molar-refractivity contribution in [3.05, 3.63) is 35.9 Å². The maximum atomic E-state index is 11.5. The number of nitrogens with one attached hydrogen (secondary N) is 1. The molecule has 3 N–H and O–H groups in total. The highest BCUT2D eigenvalue weighted by atomic mass is 16.2. The molecule has 1 radical (unpaired) electrons. The Morgan fingerprint density at radius 3 is 2.60 bits per heavy atom. The van der Waals surface area contributed by atoms with Gasteiger partial charge in [-0.25, -0.2) is 0 Å². The van der Waals surface area contributed by atoms with Gasteiger partial charge in [-0.3, -0.25) is 4.79 Å². The second kappa shape index (κ2) is 5.51. The molecule has 0 unspecified atom stereocenters. The van der Waals surface area contributed by atoms with Crippen molar-refractivity contribution >= 4 is 5.91 Å². The molecular formula is C12H17N2O. The third-order valence-corrected chi connectivity index (χ3v) is 2.27. The standard InChI is InChI=1S/C12H17N2O/c1-9(2)11(13)12(15)14-8-10-6-4-3-5-7-10/h4-7,9,11H,8,13H2,1-2H3,(H,14,15)/t11-/m0/s1. The molecule has 0 heterocycles. The van der Waals surface area contributed by atoms with E-state index in [-0.39, 0.29) is 11.8 Å². The van der Waals surface area contributed by atoms with Gasteiger partial charge in [-0.1, -0.05) is 38.1 Å². The third kappa shape index (κ3) is 3.72. The number of nitrogens with two attached hydrogens (primary N) is 1. The second-order valence-corrected chi connectivity index (χ2v) is 3.90. The number of carbonyl (C=O) groups excluding carboxylic acids is 1. The van der Waals surface area contributed by atoms with Gasteiger partial charge in [0.2, 0.25) is 5.91 Å². The number of hydrogen-bond donors (Lipinski definition) is 2. The molecule has 1 aromatic carbocycles. The van der Waals surface area contributed by atoms with E-state index in [0.29, 0.717) is 6.54 Å². The van der Waals surface area contributed by atoms with E-state index in [1.54, 1.807) is 0 Å². The molecule has 0 aliphatic heterocycles. The average molecular weight is 205 g/mol. The Labute approximate surface area is 90.7 Å². The zero-order valence-electron chi connectivity index (χ0n) is 9.16. The lowest BCUT2D eigenvalue weighted by atomic mass is 10.0. The van der Waals surface area contributed by atoms with Gasteiger partial charge in [0.25, 0.3) is 0 Å². The van der Waals surface area contributed by atoms with Gasteiger partial charge in [0.05, 0.1) is 6.04 Å². The molecule has 0 bridgehead atoms. The molecule has 3 nitrogen and oxygen atoms in total. The Balaban J connectivity index is 2.41. The molecule has 0 fully saturated rings. The van der Waals surface area contributed by atoms with Crippen LogP contribution in [0.25, 0.3) is 0 Å². The largest absolute Gasteiger partial charge is 0.351 e. The molecular weight excluding hydrogens is 188 g/mol. The maximum Gasteiger partial charge on any atom is 0.237 e. The van der Waals surface area contributed by atoms with Gasteiger partial charge >= 0.3 is 0 Å². The van der Waals surface area contributed by atoms with Gasteiger partial charge in [0, 0.05) is 6.54 Å². The summed E-state index contributed by atoms with van der Waals surface area (Å²) in [5.74, 6) is 0.0620. The lowest BCUT2D eigenvalue weighted by Gasteiger charge is -2.15. The molecule has 3 heteroatoms. The lowest BCUT2D eigenvalue weighted by Crippen LogP contribution is -2.43. The monoisotopic (exact) mass is 205 g/mol. The molecule has 1 amide bonds. The summed E-state index contributed by atoms with van der Waals surface area (Å²) in [6.07, 6.45) is 0. The Kier molecular flexibility index (Phi) is 4.31. The van der Waals surface area contributed by atoms with Crippen LogP contribution in [0.2, 0.25) is 0 Å². The van der Waals surface area contributed by atoms with E-state index in [4.69, 9.17) is 5.73 Å². The summed E-state index contributed by atoms with van der Waals surface area (Å²) in [6.45, 7) is 4.39. The van der Waals surface area contributed by atoms with Gasteiger partial charge in [-0.05, 0) is 17.5 Å². The van der Waals surface area contributed by atoms with Crippen molar-refractivity contribution in [2.45, 2.75) is 26.4 Å². The van der Waals surface area contributed by atoms with Crippen molar-refractivity contribution in [3.8, 4) is 0 Å². The maximum absolute atomic E-state index is 11.5. The van der Waals surface area contributed by atoms with E-state index in [2.05, 4.69) is 11.4 Å². The first-order chi connectivity index (χ1) is 7.11. The summed E-state index contributed by atoms with van der Waals surface area (Å²) in [4.78, 5) is 11.5. The minimum absolute atomic E-state index is 0.0992. The van der Waals surface area contributed by atoms with Crippen LogP contribution in [0.1, 0.15) is 19.4 Å². The van der Waals surface area contributed by atoms with Crippen LogP contribution in [0.5, 0.6) is 0 Å². The third-order valence-electron chi connectivity index (χ3n) is 2.27. The molecule has 1 atom stereocenters. The zero-order valence-corrected chi connectivity index (χ0v) is 9.16. The van der Waals surface area contributed by atoms with Crippen LogP contribution in [0.3, 0.4) is 0 Å². The Hall–Kier alpha value is -1.35. The average Bonchev–Trinajstić information content (AvgIpc) is 2.26. The molecule has 0 saturated heterocycles. The van der Waals surface area contributed by atoms with Crippen LogP contribution in [0.15, 0.2) is 24.3 Å². The predicted molar refractivity (Wildman–Crippen MR) is 59.9 cm³/mol. The van der Waals surface area contributed by atoms with E-state index < -0.39 is 6.04 Å². The quantitative estimate of drug-likeness (QED) is 0.773. The SMILES string of the molecule is CC(C)[C@H](N)C(=O)NCc1cc[c]cc1. The molecule has 0 aliphatic carbocycles. The van der Waals surface area contributed by atoms with Crippen molar-refractivity contribution < 1.29 is 4.79 Å². The van der Waals surface area contributed by atoms with E-state index in [9.17, 15) is 4.79 Å². The molecule has 0 spiro atoms. The predicted octanol–water partition coefficient (Wildman–Crippen LogP) is 1.09. The fraction of sp³-hybridized carbons (Fsp3) is 0.417. The van der Waals surface area contributed by atoms with Crippen LogP contribution < -0.4 is 11.1 Å². The molecule has 1 rings (SSSR count). The van der Waals surface area contributed by atoms with E-state index in [0.717, 1.165) is 5.56 Å². The molecule has 1 aromatic rings. The van der Waals surface area contributed by atoms with Crippen molar-refractivity contribution in [3.63, 3.8) is 0 Å². The number of hydrogen-bond acceptors (Lipinski definition) is 2. The van der Waals surface area contributed by atoms with Gasteiger partial charge in [-0.15, -0.1) is 0 Å². The summed E-state index contributed by atoms with van der Waals surface area (Å²) in [5.41, 5.74) is 6.76. The first kappa shape index (κ1) is 11.7. The van der Waals surface area contributed by atoms with Crippen LogP contribution in [0.4, 0.5) is 0 Å². The second-order valence-electron chi connectivity index (χ2n) is 3.90. The Morgan fingerprint density at radius 2 is 2.07 bits per heavy atom. The molecule has 81 valence electrons. The highest BCUT2D eigenvalue weighted by molar-refractivity contribution is 5.81. The summed E-state index contributed by atoms with van der Waals surface area (Å²) < 4.78 is 0. The summed E-state index contributed by atoms with van der Waals surface area (Å²) >= 11 is 0. The molecule has 0 aliphatic rings. The van der Waals surface area contributed by atoms with E-state index in [1.807, 2.05) is 38.1 Å². The number of carbonyl (C=O) groups is 1. The van der Waals surface area contributed by atoms with Crippen LogP contribution in [0, 0.1) is 12.0 Å². The minimum Gasteiger partial charge on any atom is -0.351 e. The fourth-order valence-corrected chi connectivity index (χ4v) is 1.15. The van der Waals surface area contributed by atoms with Crippen molar-refractivity contribution in [2.75, 3.05) is 0 Å². The Bertz CT molecular complexity index is 309. The van der Waals surface area contributed by atoms with Gasteiger partial charge in [0.15, 0.2) is 0 Å². The van der Waals surface area contributed by atoms with E-state index in [1.165, 1.54) is 0 Å². The number of amides is 1. The zero-order chi connectivity index (χ0) is 11.3. The van der Waals surface area contributed by atoms with Crippen LogP contribution >= 0.6 is 0 Å². The smallest absolute Gasteiger partial charge is 0.237 e. The van der Waals surface area contributed by atoms with E-state index >= 15 is 0 Å². The van der Waals surface area contributed by atoms with Gasteiger partial charge < -0.3 is 11.1 Å². The number of benzene rings is 1. The van der Waals surface area contributed by atoms with Crippen molar-refractivity contribution in [2.24, 2.45) is 11.7 Å². The normalized spacial score (nSPS) is 12.5. The first-order valence-electron chi connectivity index (χ1n) is 5.09. The first-order valence-corrected chi connectivity index (χ1v) is 5.09. The van der Waals surface area contributed by atoms with Crippen molar-refractivity contribution in [1.82, 2.24) is 5.32 Å². The van der Waals surface area contributed by atoms with Crippen LogP contribution in [-0.2, 0) is 11.3 Å². The fourth-order valence-electron chi connectivity index (χ4n) is 1.15. The lowest BCUT2D eigenvalue weighted by molar-refractivity contribution is -0.123. The highest BCUT2D eigenvalue weighted by Gasteiger charge is 2.16. The molecule has 0 aromatic heterocycles. The summed E-state index contributed by atoms with van der Waals surface area (Å²) in [6, 6.07) is 9.98. The van der Waals surface area contributed by atoms with Crippen LogP contribution in [-0.4, -0.2) is 11.9 Å². The molecule has 15 heavy (non-hydrogen) atoms. The summed E-state index contributed by atoms with van der Waals surface area (Å²) in [7, 11) is 0. The number of rotatable bonds is 4. The highest BCUT2D eigenvalue weighted by Crippen LogP contribution is 2.00. The van der Waals surface area contributed by atoms with Crippen molar-refractivity contribution in [1.29, 1.82) is 0 Å². The van der Waals surface area contributed by atoms with Gasteiger partial charge in [-0.2, -0.15) is 0 Å². The molecule has 0 saturated carbocycles. The van der Waals surface area contributed by atoms with Gasteiger partial charge in [0.1, 0.15) is 0 Å². The summed E-state index contributed by atoms with van der Waals surface area (Å²) in [5, 5.41) is 2.80. The minimum atomic E-state index is -0.430.